The van der Waals surface area contributed by atoms with Crippen LogP contribution >= 0.6 is 23.2 Å². The predicted molar refractivity (Wildman–Crippen MR) is 116 cm³/mol. The lowest BCUT2D eigenvalue weighted by atomic mass is 10.1. The van der Waals surface area contributed by atoms with Gasteiger partial charge in [0, 0.05) is 55.7 Å². The molecule has 1 aliphatic rings. The van der Waals surface area contributed by atoms with Crippen molar-refractivity contribution in [2.45, 2.75) is 25.9 Å². The molecule has 0 aliphatic carbocycles. The predicted octanol–water partition coefficient (Wildman–Crippen LogP) is 3.99. The molecule has 150 valence electrons. The molecule has 4 nitrogen and oxygen atoms in total. The van der Waals surface area contributed by atoms with Crippen LogP contribution in [0.4, 0.5) is 0 Å². The van der Waals surface area contributed by atoms with Crippen molar-refractivity contribution in [2.24, 2.45) is 0 Å². The van der Waals surface area contributed by atoms with Gasteiger partial charge >= 0.3 is 0 Å². The molecule has 0 aromatic heterocycles. The van der Waals surface area contributed by atoms with Crippen LogP contribution in [0.25, 0.3) is 0 Å². The number of benzene rings is 2. The van der Waals surface area contributed by atoms with Gasteiger partial charge in [0.15, 0.2) is 0 Å². The number of carbonyl (C=O) groups is 1. The van der Waals surface area contributed by atoms with Crippen molar-refractivity contribution in [1.82, 2.24) is 15.1 Å². The Morgan fingerprint density at radius 3 is 2.54 bits per heavy atom. The first-order valence-corrected chi connectivity index (χ1v) is 10.4. The summed E-state index contributed by atoms with van der Waals surface area (Å²) in [6.45, 7) is 5.95. The molecule has 0 atom stereocenters. The first-order valence-electron chi connectivity index (χ1n) is 9.69. The molecule has 2 aromatic carbocycles. The average molecular weight is 420 g/mol. The van der Waals surface area contributed by atoms with E-state index in [-0.39, 0.29) is 5.91 Å². The van der Waals surface area contributed by atoms with Gasteiger partial charge in [0.05, 0.1) is 0 Å². The van der Waals surface area contributed by atoms with Gasteiger partial charge in [-0.15, -0.1) is 0 Å². The van der Waals surface area contributed by atoms with E-state index in [1.165, 1.54) is 5.56 Å². The molecule has 2 aromatic rings. The zero-order valence-corrected chi connectivity index (χ0v) is 17.8. The second-order valence-corrected chi connectivity index (χ2v) is 8.26. The molecule has 0 spiro atoms. The van der Waals surface area contributed by atoms with Gasteiger partial charge in [-0.1, -0.05) is 53.5 Å². The van der Waals surface area contributed by atoms with Crippen molar-refractivity contribution in [2.75, 3.05) is 33.2 Å². The summed E-state index contributed by atoms with van der Waals surface area (Å²) >= 11 is 12.1. The number of carbonyl (C=O) groups excluding carboxylic acids is 1. The summed E-state index contributed by atoms with van der Waals surface area (Å²) < 4.78 is 0. The van der Waals surface area contributed by atoms with Crippen LogP contribution in [0.3, 0.4) is 0 Å². The highest BCUT2D eigenvalue weighted by atomic mass is 35.5. The summed E-state index contributed by atoms with van der Waals surface area (Å²) in [5.41, 5.74) is 3.36. The number of piperazine rings is 1. The van der Waals surface area contributed by atoms with Crippen molar-refractivity contribution in [3.8, 4) is 0 Å². The Hall–Kier alpha value is -1.59. The normalized spacial score (nSPS) is 15.5. The van der Waals surface area contributed by atoms with Gasteiger partial charge in [-0.05, 0) is 42.3 Å². The second-order valence-electron chi connectivity index (χ2n) is 7.41. The Bertz CT molecular complexity index is 804. The third-order valence-corrected chi connectivity index (χ3v) is 5.71. The number of amides is 1. The van der Waals surface area contributed by atoms with E-state index >= 15 is 0 Å². The van der Waals surface area contributed by atoms with Gasteiger partial charge in [-0.2, -0.15) is 0 Å². The molecule has 1 saturated heterocycles. The number of aryl methyl sites for hydroxylation is 1. The van der Waals surface area contributed by atoms with Crippen LogP contribution in [0.1, 0.15) is 23.1 Å². The maximum absolute atomic E-state index is 12.2. The quantitative estimate of drug-likeness (QED) is 0.736. The van der Waals surface area contributed by atoms with Crippen LogP contribution < -0.4 is 5.32 Å². The molecule has 0 unspecified atom stereocenters. The fourth-order valence-corrected chi connectivity index (χ4v) is 3.87. The molecular weight excluding hydrogens is 393 g/mol. The van der Waals surface area contributed by atoms with Crippen LogP contribution in [0.2, 0.25) is 10.0 Å². The number of hydrogen-bond donors (Lipinski definition) is 1. The second kappa shape index (κ2) is 10.3. The van der Waals surface area contributed by atoms with Crippen molar-refractivity contribution in [1.29, 1.82) is 0 Å². The smallest absolute Gasteiger partial charge is 0.220 e. The van der Waals surface area contributed by atoms with E-state index in [0.29, 0.717) is 29.4 Å². The number of nitrogens with zero attached hydrogens (tertiary/aromatic N) is 2. The Labute approximate surface area is 177 Å². The zero-order chi connectivity index (χ0) is 19.9. The standard InChI is InChI=1S/C22H27Cl2N3O/c1-26-9-11-27(12-10-26)16-18-4-2-3-17(13-18)15-25-22(28)8-6-19-5-7-20(23)14-21(19)24/h2-5,7,13-14H,6,8-12,15-16H2,1H3,(H,25,28). The summed E-state index contributed by atoms with van der Waals surface area (Å²) in [5.74, 6) is 0.0236. The van der Waals surface area contributed by atoms with Crippen molar-refractivity contribution in [3.63, 3.8) is 0 Å². The van der Waals surface area contributed by atoms with Gasteiger partial charge < -0.3 is 10.2 Å². The van der Waals surface area contributed by atoms with Crippen LogP contribution in [0, 0.1) is 0 Å². The van der Waals surface area contributed by atoms with Gasteiger partial charge in [-0.3, -0.25) is 9.69 Å². The lowest BCUT2D eigenvalue weighted by Gasteiger charge is -2.32. The molecule has 0 bridgehead atoms. The molecule has 1 amide bonds. The topological polar surface area (TPSA) is 35.6 Å². The maximum Gasteiger partial charge on any atom is 0.220 e. The number of rotatable bonds is 7. The molecule has 0 radical (unpaired) electrons. The third-order valence-electron chi connectivity index (χ3n) is 5.12. The third kappa shape index (κ3) is 6.49. The molecule has 1 N–H and O–H groups in total. The molecule has 3 rings (SSSR count). The van der Waals surface area contributed by atoms with E-state index in [2.05, 4.69) is 46.4 Å². The highest BCUT2D eigenvalue weighted by Crippen LogP contribution is 2.22. The maximum atomic E-state index is 12.2. The number of halogens is 2. The zero-order valence-electron chi connectivity index (χ0n) is 16.3. The molecule has 28 heavy (non-hydrogen) atoms. The minimum absolute atomic E-state index is 0.0236. The Balaban J connectivity index is 1.45. The lowest BCUT2D eigenvalue weighted by molar-refractivity contribution is -0.121. The van der Waals surface area contributed by atoms with Crippen molar-refractivity contribution in [3.05, 3.63) is 69.2 Å². The van der Waals surface area contributed by atoms with Crippen LogP contribution in [0.15, 0.2) is 42.5 Å². The van der Waals surface area contributed by atoms with Crippen LogP contribution in [0.5, 0.6) is 0 Å². The van der Waals surface area contributed by atoms with E-state index in [4.69, 9.17) is 23.2 Å². The number of hydrogen-bond acceptors (Lipinski definition) is 3. The molecule has 6 heteroatoms. The van der Waals surface area contributed by atoms with E-state index in [1.807, 2.05) is 6.07 Å². The van der Waals surface area contributed by atoms with E-state index in [9.17, 15) is 4.79 Å². The number of nitrogens with one attached hydrogen (secondary N) is 1. The van der Waals surface area contributed by atoms with E-state index in [1.54, 1.807) is 12.1 Å². The highest BCUT2D eigenvalue weighted by Gasteiger charge is 2.14. The SMILES string of the molecule is CN1CCN(Cc2cccc(CNC(=O)CCc3ccc(Cl)cc3Cl)c2)CC1. The summed E-state index contributed by atoms with van der Waals surface area (Å²) in [6, 6.07) is 13.9. The van der Waals surface area contributed by atoms with Crippen molar-refractivity contribution >= 4 is 29.1 Å². The van der Waals surface area contributed by atoms with Gasteiger partial charge in [0.2, 0.25) is 5.91 Å². The monoisotopic (exact) mass is 419 g/mol. The molecule has 1 aliphatic heterocycles. The Morgan fingerprint density at radius 2 is 1.79 bits per heavy atom. The Kier molecular flexibility index (Phi) is 7.74. The van der Waals surface area contributed by atoms with Crippen molar-refractivity contribution < 1.29 is 4.79 Å². The summed E-state index contributed by atoms with van der Waals surface area (Å²) in [6.07, 6.45) is 1.01. The first kappa shape index (κ1) is 21.1. The fourth-order valence-electron chi connectivity index (χ4n) is 3.36. The van der Waals surface area contributed by atoms with Gasteiger partial charge in [-0.25, -0.2) is 0 Å². The van der Waals surface area contributed by atoms with E-state index < -0.39 is 0 Å². The summed E-state index contributed by atoms with van der Waals surface area (Å²) in [5, 5.41) is 4.22. The highest BCUT2D eigenvalue weighted by molar-refractivity contribution is 6.35. The number of likely N-dealkylation sites (N-methyl/N-ethyl adjacent to an activating group) is 1. The van der Waals surface area contributed by atoms with Crippen LogP contribution in [-0.4, -0.2) is 48.9 Å². The fraction of sp³-hybridized carbons (Fsp3) is 0.409. The largest absolute Gasteiger partial charge is 0.352 e. The minimum Gasteiger partial charge on any atom is -0.352 e. The van der Waals surface area contributed by atoms with Crippen LogP contribution in [-0.2, 0) is 24.3 Å². The first-order chi connectivity index (χ1) is 13.5. The molecule has 1 fully saturated rings. The lowest BCUT2D eigenvalue weighted by Crippen LogP contribution is -2.43. The van der Waals surface area contributed by atoms with E-state index in [0.717, 1.165) is 43.9 Å². The molecule has 0 saturated carbocycles. The summed E-state index contributed by atoms with van der Waals surface area (Å²) in [4.78, 5) is 17.0. The molecule has 1 heterocycles. The van der Waals surface area contributed by atoms with Gasteiger partial charge in [0.25, 0.3) is 0 Å². The Morgan fingerprint density at radius 1 is 1.04 bits per heavy atom. The average Bonchev–Trinajstić information content (AvgIpc) is 2.68. The summed E-state index contributed by atoms with van der Waals surface area (Å²) in [7, 11) is 2.17. The minimum atomic E-state index is 0.0236. The van der Waals surface area contributed by atoms with Gasteiger partial charge in [0.1, 0.15) is 0 Å². The molecular formula is C22H27Cl2N3O.